The van der Waals surface area contributed by atoms with Crippen molar-refractivity contribution in [3.63, 3.8) is 0 Å². The van der Waals surface area contributed by atoms with Crippen molar-refractivity contribution in [1.82, 2.24) is 4.98 Å². The van der Waals surface area contributed by atoms with E-state index < -0.39 is 5.95 Å². The number of carbonyl (C=O) groups is 1. The van der Waals surface area contributed by atoms with E-state index in [-0.39, 0.29) is 5.92 Å². The molecule has 3 nitrogen and oxygen atoms in total. The van der Waals surface area contributed by atoms with Crippen LogP contribution >= 0.6 is 0 Å². The summed E-state index contributed by atoms with van der Waals surface area (Å²) in [6.45, 7) is 3.48. The third-order valence-corrected chi connectivity index (χ3v) is 3.07. The van der Waals surface area contributed by atoms with E-state index in [0.29, 0.717) is 5.82 Å². The molecule has 0 saturated carbocycles. The molecule has 16 heavy (non-hydrogen) atoms. The predicted octanol–water partition coefficient (Wildman–Crippen LogP) is 1.94. The number of halogens is 1. The van der Waals surface area contributed by atoms with E-state index >= 15 is 0 Å². The Balaban J connectivity index is 2.13. The number of carbonyl (C=O) groups excluding carboxylic acids is 1. The monoisotopic (exact) mass is 222 g/mol. The minimum Gasteiger partial charge on any atom is -0.356 e. The van der Waals surface area contributed by atoms with E-state index in [4.69, 9.17) is 0 Å². The summed E-state index contributed by atoms with van der Waals surface area (Å²) < 4.78 is 13.1. The molecule has 1 aromatic rings. The van der Waals surface area contributed by atoms with Gasteiger partial charge in [0.15, 0.2) is 0 Å². The van der Waals surface area contributed by atoms with Gasteiger partial charge in [0.25, 0.3) is 0 Å². The van der Waals surface area contributed by atoms with Gasteiger partial charge >= 0.3 is 0 Å². The predicted molar refractivity (Wildman–Crippen MR) is 59.9 cm³/mol. The van der Waals surface area contributed by atoms with E-state index in [2.05, 4.69) is 9.88 Å². The van der Waals surface area contributed by atoms with Crippen molar-refractivity contribution < 1.29 is 9.18 Å². The summed E-state index contributed by atoms with van der Waals surface area (Å²) in [4.78, 5) is 16.6. The molecule has 0 aromatic carbocycles. The summed E-state index contributed by atoms with van der Waals surface area (Å²) in [5, 5.41) is 0. The van der Waals surface area contributed by atoms with Crippen molar-refractivity contribution in [3.8, 4) is 0 Å². The normalized spacial score (nSPS) is 17.5. The van der Waals surface area contributed by atoms with Crippen LogP contribution in [0.4, 0.5) is 10.2 Å². The first-order chi connectivity index (χ1) is 7.70. The Kier molecular flexibility index (Phi) is 3.17. The van der Waals surface area contributed by atoms with Crippen molar-refractivity contribution in [2.24, 2.45) is 5.92 Å². The van der Waals surface area contributed by atoms with Gasteiger partial charge in [-0.05, 0) is 31.4 Å². The van der Waals surface area contributed by atoms with E-state index in [1.165, 1.54) is 6.07 Å². The molecule has 0 bridgehead atoms. The van der Waals surface area contributed by atoms with Crippen LogP contribution in [0.15, 0.2) is 12.1 Å². The standard InChI is InChI=1S/C12H15FN2O/c1-9-2-3-11(13)14-12(9)15-6-4-10(8-16)5-7-15/h2-3,8,10H,4-7H2,1H3. The van der Waals surface area contributed by atoms with E-state index in [1.807, 2.05) is 6.92 Å². The van der Waals surface area contributed by atoms with Gasteiger partial charge in [-0.2, -0.15) is 4.39 Å². The van der Waals surface area contributed by atoms with E-state index in [1.54, 1.807) is 6.07 Å². The molecule has 2 rings (SSSR count). The van der Waals surface area contributed by atoms with Gasteiger partial charge in [-0.1, -0.05) is 6.07 Å². The lowest BCUT2D eigenvalue weighted by atomic mass is 9.98. The molecular formula is C12H15FN2O. The summed E-state index contributed by atoms with van der Waals surface area (Å²) in [6.07, 6.45) is 2.69. The molecule has 0 amide bonds. The fourth-order valence-electron chi connectivity index (χ4n) is 2.06. The lowest BCUT2D eigenvalue weighted by Gasteiger charge is -2.31. The second kappa shape index (κ2) is 4.60. The first kappa shape index (κ1) is 11.0. The van der Waals surface area contributed by atoms with Crippen LogP contribution in [-0.4, -0.2) is 24.4 Å². The number of aryl methyl sites for hydroxylation is 1. The lowest BCUT2D eigenvalue weighted by molar-refractivity contribution is -0.111. The van der Waals surface area contributed by atoms with Crippen molar-refractivity contribution in [2.45, 2.75) is 19.8 Å². The number of aldehydes is 1. The molecule has 1 aliphatic rings. The second-order valence-corrected chi connectivity index (χ2v) is 4.24. The zero-order chi connectivity index (χ0) is 11.5. The van der Waals surface area contributed by atoms with E-state index in [9.17, 15) is 9.18 Å². The fraction of sp³-hybridized carbons (Fsp3) is 0.500. The molecule has 0 N–H and O–H groups in total. The van der Waals surface area contributed by atoms with E-state index in [0.717, 1.165) is 37.8 Å². The van der Waals surface area contributed by atoms with Crippen molar-refractivity contribution >= 4 is 12.1 Å². The van der Waals surface area contributed by atoms with Gasteiger partial charge in [-0.3, -0.25) is 0 Å². The highest BCUT2D eigenvalue weighted by Crippen LogP contribution is 2.23. The molecule has 0 atom stereocenters. The Hall–Kier alpha value is -1.45. The molecular weight excluding hydrogens is 207 g/mol. The smallest absolute Gasteiger partial charge is 0.214 e. The fourth-order valence-corrected chi connectivity index (χ4v) is 2.06. The summed E-state index contributed by atoms with van der Waals surface area (Å²) in [6, 6.07) is 3.11. The van der Waals surface area contributed by atoms with Gasteiger partial charge in [0, 0.05) is 19.0 Å². The zero-order valence-corrected chi connectivity index (χ0v) is 9.32. The van der Waals surface area contributed by atoms with Crippen LogP contribution in [0.3, 0.4) is 0 Å². The minimum atomic E-state index is -0.446. The molecule has 1 saturated heterocycles. The number of aromatic nitrogens is 1. The largest absolute Gasteiger partial charge is 0.356 e. The van der Waals surface area contributed by atoms with Crippen LogP contribution in [-0.2, 0) is 4.79 Å². The van der Waals surface area contributed by atoms with Crippen LogP contribution in [0.1, 0.15) is 18.4 Å². The first-order valence-corrected chi connectivity index (χ1v) is 5.54. The summed E-state index contributed by atoms with van der Waals surface area (Å²) in [5.41, 5.74) is 0.978. The Bertz CT molecular complexity index is 387. The van der Waals surface area contributed by atoms with Crippen LogP contribution in [0.25, 0.3) is 0 Å². The average molecular weight is 222 g/mol. The number of anilines is 1. The number of nitrogens with zero attached hydrogens (tertiary/aromatic N) is 2. The Labute approximate surface area is 94.3 Å². The molecule has 1 aromatic heterocycles. The van der Waals surface area contributed by atoms with Crippen molar-refractivity contribution in [2.75, 3.05) is 18.0 Å². The highest BCUT2D eigenvalue weighted by atomic mass is 19.1. The van der Waals surface area contributed by atoms with Crippen LogP contribution in [0.2, 0.25) is 0 Å². The summed E-state index contributed by atoms with van der Waals surface area (Å²) in [5.74, 6) is 0.424. The van der Waals surface area contributed by atoms with Gasteiger partial charge in [0.1, 0.15) is 12.1 Å². The minimum absolute atomic E-state index is 0.158. The van der Waals surface area contributed by atoms with Gasteiger partial charge < -0.3 is 9.69 Å². The van der Waals surface area contributed by atoms with Crippen LogP contribution in [0.5, 0.6) is 0 Å². The maximum Gasteiger partial charge on any atom is 0.214 e. The molecule has 4 heteroatoms. The number of rotatable bonds is 2. The lowest BCUT2D eigenvalue weighted by Crippen LogP contribution is -2.35. The number of piperidine rings is 1. The van der Waals surface area contributed by atoms with Crippen LogP contribution in [0, 0.1) is 18.8 Å². The third-order valence-electron chi connectivity index (χ3n) is 3.07. The van der Waals surface area contributed by atoms with Gasteiger partial charge in [-0.25, -0.2) is 4.98 Å². The number of hydrogen-bond donors (Lipinski definition) is 0. The maximum absolute atomic E-state index is 13.1. The SMILES string of the molecule is Cc1ccc(F)nc1N1CCC(C=O)CC1. The highest BCUT2D eigenvalue weighted by molar-refractivity contribution is 5.55. The van der Waals surface area contributed by atoms with Crippen molar-refractivity contribution in [1.29, 1.82) is 0 Å². The van der Waals surface area contributed by atoms with Crippen molar-refractivity contribution in [3.05, 3.63) is 23.6 Å². The number of pyridine rings is 1. The van der Waals surface area contributed by atoms with Gasteiger partial charge in [0.05, 0.1) is 0 Å². The molecule has 1 fully saturated rings. The third kappa shape index (κ3) is 2.21. The zero-order valence-electron chi connectivity index (χ0n) is 9.32. The Morgan fingerprint density at radius 1 is 1.44 bits per heavy atom. The summed E-state index contributed by atoms with van der Waals surface area (Å²) in [7, 11) is 0. The van der Waals surface area contributed by atoms with Crippen LogP contribution < -0.4 is 4.90 Å². The molecule has 2 heterocycles. The topological polar surface area (TPSA) is 33.2 Å². The number of hydrogen-bond acceptors (Lipinski definition) is 3. The molecule has 0 spiro atoms. The summed E-state index contributed by atoms with van der Waals surface area (Å²) >= 11 is 0. The Morgan fingerprint density at radius 2 is 2.12 bits per heavy atom. The van der Waals surface area contributed by atoms with Gasteiger partial charge in [0.2, 0.25) is 5.95 Å². The maximum atomic E-state index is 13.1. The molecule has 86 valence electrons. The highest BCUT2D eigenvalue weighted by Gasteiger charge is 2.20. The Morgan fingerprint density at radius 3 is 2.75 bits per heavy atom. The molecule has 1 aliphatic heterocycles. The first-order valence-electron chi connectivity index (χ1n) is 5.54. The quantitative estimate of drug-likeness (QED) is 0.566. The molecule has 0 unspecified atom stereocenters. The molecule has 0 radical (unpaired) electrons. The second-order valence-electron chi connectivity index (χ2n) is 4.24. The average Bonchev–Trinajstić information content (AvgIpc) is 2.32. The van der Waals surface area contributed by atoms with Gasteiger partial charge in [-0.15, -0.1) is 0 Å². The molecule has 0 aliphatic carbocycles.